The fraction of sp³-hybridized carbons (Fsp3) is 0.806. The van der Waals surface area contributed by atoms with E-state index in [1.807, 2.05) is 0 Å². The molecule has 0 saturated carbocycles. The van der Waals surface area contributed by atoms with E-state index in [1.165, 1.54) is 225 Å². The van der Waals surface area contributed by atoms with Crippen LogP contribution in [-0.4, -0.2) is 37.2 Å². The molecule has 0 saturated heterocycles. The summed E-state index contributed by atoms with van der Waals surface area (Å²) in [6.07, 6.45) is 78.0. The Morgan fingerprint density at radius 3 is 0.836 bits per heavy atom. The standard InChI is InChI=1S/C67H120O6/c1-4-7-10-13-16-19-22-25-28-31-33-36-39-42-45-48-51-54-57-60-66(69)72-63-64(62-71-65(68)59-56-53-50-47-44-41-38-35-30-27-24-21-18-15-12-9-6-3)73-67(70)61-58-55-52-49-46-43-40-37-34-32-29-26-23-20-17-14-11-8-5-2/h25-30,38,41,47,50,64H,4-24,31-37,39-40,42-46,48-49,51-63H2,1-3H3/b28-25-,29-26-,30-27-,41-38-,50-47-/t64-/m0/s1. The van der Waals surface area contributed by atoms with Crippen molar-refractivity contribution in [1.29, 1.82) is 0 Å². The summed E-state index contributed by atoms with van der Waals surface area (Å²) in [6.45, 7) is 6.62. The Balaban J connectivity index is 4.42. The lowest BCUT2D eigenvalue weighted by atomic mass is 10.1. The Hall–Kier alpha value is -2.89. The number of rotatable bonds is 58. The Morgan fingerprint density at radius 2 is 0.507 bits per heavy atom. The quantitative estimate of drug-likeness (QED) is 0.0261. The van der Waals surface area contributed by atoms with E-state index in [9.17, 15) is 14.4 Å². The van der Waals surface area contributed by atoms with Crippen molar-refractivity contribution < 1.29 is 28.6 Å². The van der Waals surface area contributed by atoms with Crippen molar-refractivity contribution >= 4 is 17.9 Å². The van der Waals surface area contributed by atoms with Crippen molar-refractivity contribution in [2.75, 3.05) is 13.2 Å². The number of unbranched alkanes of at least 4 members (excludes halogenated alkanes) is 37. The molecule has 0 aromatic heterocycles. The van der Waals surface area contributed by atoms with Gasteiger partial charge in [0.2, 0.25) is 0 Å². The van der Waals surface area contributed by atoms with Crippen LogP contribution in [0.1, 0.15) is 329 Å². The molecule has 424 valence electrons. The molecule has 73 heavy (non-hydrogen) atoms. The lowest BCUT2D eigenvalue weighted by molar-refractivity contribution is -0.167. The molecular formula is C67H120O6. The highest BCUT2D eigenvalue weighted by Gasteiger charge is 2.19. The summed E-state index contributed by atoms with van der Waals surface area (Å²) in [5.41, 5.74) is 0. The molecule has 0 fully saturated rings. The Kier molecular flexibility index (Phi) is 59.2. The third-order valence-electron chi connectivity index (χ3n) is 14.0. The molecule has 0 N–H and O–H groups in total. The van der Waals surface area contributed by atoms with Gasteiger partial charge in [-0.05, 0) is 103 Å². The second-order valence-electron chi connectivity index (χ2n) is 21.3. The van der Waals surface area contributed by atoms with Crippen LogP contribution in [0.3, 0.4) is 0 Å². The van der Waals surface area contributed by atoms with E-state index in [0.29, 0.717) is 19.3 Å². The first-order valence-electron chi connectivity index (χ1n) is 31.8. The first-order chi connectivity index (χ1) is 36.0. The number of hydrogen-bond donors (Lipinski definition) is 0. The summed E-state index contributed by atoms with van der Waals surface area (Å²) in [5, 5.41) is 0. The zero-order valence-corrected chi connectivity index (χ0v) is 48.7. The van der Waals surface area contributed by atoms with Crippen LogP contribution in [0.2, 0.25) is 0 Å². The van der Waals surface area contributed by atoms with Gasteiger partial charge >= 0.3 is 17.9 Å². The SMILES string of the molecule is CCCCCCCC/C=C\C/C=C\C/C=C\CCCC(=O)OC[C@@H](COC(=O)CCCCCCCCCCC/C=C\CCCCCCCC)OC(=O)CCCCCCCCCCC/C=C\CCCCCCCC. The van der Waals surface area contributed by atoms with Gasteiger partial charge in [0.25, 0.3) is 0 Å². The number of carbonyl (C=O) groups excluding carboxylic acids is 3. The van der Waals surface area contributed by atoms with E-state index >= 15 is 0 Å². The van der Waals surface area contributed by atoms with Crippen LogP contribution < -0.4 is 0 Å². The molecule has 0 amide bonds. The molecule has 0 spiro atoms. The van der Waals surface area contributed by atoms with E-state index in [1.54, 1.807) is 0 Å². The highest BCUT2D eigenvalue weighted by Crippen LogP contribution is 2.16. The van der Waals surface area contributed by atoms with Gasteiger partial charge in [0.05, 0.1) is 0 Å². The van der Waals surface area contributed by atoms with Crippen LogP contribution >= 0.6 is 0 Å². The normalized spacial score (nSPS) is 12.4. The fourth-order valence-electron chi connectivity index (χ4n) is 9.16. The van der Waals surface area contributed by atoms with Crippen molar-refractivity contribution in [3.8, 4) is 0 Å². The zero-order chi connectivity index (χ0) is 52.9. The number of ether oxygens (including phenoxy) is 3. The van der Waals surface area contributed by atoms with Gasteiger partial charge in [-0.2, -0.15) is 0 Å². The maximum absolute atomic E-state index is 12.9. The van der Waals surface area contributed by atoms with Crippen LogP contribution in [0.5, 0.6) is 0 Å². The maximum atomic E-state index is 12.9. The first kappa shape index (κ1) is 70.1. The maximum Gasteiger partial charge on any atom is 0.306 e. The molecule has 0 rings (SSSR count). The molecule has 0 radical (unpaired) electrons. The van der Waals surface area contributed by atoms with Gasteiger partial charge in [0, 0.05) is 19.3 Å². The summed E-state index contributed by atoms with van der Waals surface area (Å²) in [6, 6.07) is 0. The van der Waals surface area contributed by atoms with Crippen molar-refractivity contribution in [3.05, 3.63) is 60.8 Å². The predicted octanol–water partition coefficient (Wildman–Crippen LogP) is 21.6. The molecule has 6 nitrogen and oxygen atoms in total. The van der Waals surface area contributed by atoms with E-state index in [2.05, 4.69) is 81.5 Å². The summed E-state index contributed by atoms with van der Waals surface area (Å²) >= 11 is 0. The summed E-state index contributed by atoms with van der Waals surface area (Å²) in [4.78, 5) is 38.3. The minimum Gasteiger partial charge on any atom is -0.462 e. The van der Waals surface area contributed by atoms with Gasteiger partial charge in [-0.25, -0.2) is 0 Å². The van der Waals surface area contributed by atoms with E-state index in [-0.39, 0.29) is 37.5 Å². The lowest BCUT2D eigenvalue weighted by Crippen LogP contribution is -2.30. The molecule has 0 bridgehead atoms. The van der Waals surface area contributed by atoms with Gasteiger partial charge < -0.3 is 14.2 Å². The lowest BCUT2D eigenvalue weighted by Gasteiger charge is -2.18. The Labute approximate surface area is 453 Å². The smallest absolute Gasteiger partial charge is 0.306 e. The van der Waals surface area contributed by atoms with Crippen LogP contribution in [0, 0.1) is 0 Å². The Morgan fingerprint density at radius 1 is 0.274 bits per heavy atom. The minimum atomic E-state index is -0.797. The zero-order valence-electron chi connectivity index (χ0n) is 48.7. The molecule has 0 aliphatic carbocycles. The van der Waals surface area contributed by atoms with Gasteiger partial charge in [0.1, 0.15) is 13.2 Å². The predicted molar refractivity (Wildman–Crippen MR) is 316 cm³/mol. The average molecular weight is 1020 g/mol. The monoisotopic (exact) mass is 1020 g/mol. The van der Waals surface area contributed by atoms with E-state index in [0.717, 1.165) is 57.8 Å². The molecule has 0 aromatic rings. The topological polar surface area (TPSA) is 78.9 Å². The first-order valence-corrected chi connectivity index (χ1v) is 31.8. The largest absolute Gasteiger partial charge is 0.462 e. The van der Waals surface area contributed by atoms with Crippen LogP contribution in [0.15, 0.2) is 60.8 Å². The van der Waals surface area contributed by atoms with Crippen LogP contribution in [-0.2, 0) is 28.6 Å². The summed E-state index contributed by atoms with van der Waals surface area (Å²) in [7, 11) is 0. The molecule has 0 aromatic carbocycles. The van der Waals surface area contributed by atoms with Gasteiger partial charge in [-0.15, -0.1) is 0 Å². The molecule has 6 heteroatoms. The van der Waals surface area contributed by atoms with E-state index in [4.69, 9.17) is 14.2 Å². The van der Waals surface area contributed by atoms with Crippen LogP contribution in [0.4, 0.5) is 0 Å². The average Bonchev–Trinajstić information content (AvgIpc) is 3.39. The van der Waals surface area contributed by atoms with Crippen molar-refractivity contribution in [2.45, 2.75) is 335 Å². The van der Waals surface area contributed by atoms with Gasteiger partial charge in [0.15, 0.2) is 6.10 Å². The molecule has 0 aliphatic heterocycles. The van der Waals surface area contributed by atoms with Crippen molar-refractivity contribution in [2.24, 2.45) is 0 Å². The van der Waals surface area contributed by atoms with Crippen molar-refractivity contribution in [1.82, 2.24) is 0 Å². The summed E-state index contributed by atoms with van der Waals surface area (Å²) < 4.78 is 16.9. The molecule has 0 heterocycles. The second kappa shape index (κ2) is 61.7. The van der Waals surface area contributed by atoms with Gasteiger partial charge in [-0.3, -0.25) is 14.4 Å². The summed E-state index contributed by atoms with van der Waals surface area (Å²) in [5.74, 6) is -0.932. The number of allylic oxidation sites excluding steroid dienone is 10. The number of hydrogen-bond acceptors (Lipinski definition) is 6. The molecule has 0 aliphatic rings. The van der Waals surface area contributed by atoms with Crippen molar-refractivity contribution in [3.63, 3.8) is 0 Å². The highest BCUT2D eigenvalue weighted by atomic mass is 16.6. The second-order valence-corrected chi connectivity index (χ2v) is 21.3. The minimum absolute atomic E-state index is 0.0899. The number of esters is 3. The molecular weight excluding hydrogens is 901 g/mol. The third-order valence-corrected chi connectivity index (χ3v) is 14.0. The Bertz CT molecular complexity index is 1310. The third kappa shape index (κ3) is 59.9. The van der Waals surface area contributed by atoms with Gasteiger partial charge in [-0.1, -0.05) is 268 Å². The highest BCUT2D eigenvalue weighted by molar-refractivity contribution is 5.71. The molecule has 1 atom stereocenters. The molecule has 0 unspecified atom stereocenters. The fourth-order valence-corrected chi connectivity index (χ4v) is 9.16. The number of carbonyl (C=O) groups is 3. The van der Waals surface area contributed by atoms with Crippen LogP contribution in [0.25, 0.3) is 0 Å². The van der Waals surface area contributed by atoms with E-state index < -0.39 is 6.10 Å².